The van der Waals surface area contributed by atoms with Crippen LogP contribution in [0.2, 0.25) is 0 Å². The van der Waals surface area contributed by atoms with Crippen molar-refractivity contribution in [2.24, 2.45) is 11.5 Å². The lowest BCUT2D eigenvalue weighted by Crippen LogP contribution is -2.16. The molecule has 0 amide bonds. The van der Waals surface area contributed by atoms with Gasteiger partial charge in [0.1, 0.15) is 17.2 Å². The van der Waals surface area contributed by atoms with Crippen molar-refractivity contribution in [1.29, 1.82) is 0 Å². The van der Waals surface area contributed by atoms with Gasteiger partial charge < -0.3 is 26.8 Å². The summed E-state index contributed by atoms with van der Waals surface area (Å²) in [6, 6.07) is 15.4. The van der Waals surface area contributed by atoms with Gasteiger partial charge in [-0.1, -0.05) is 62.8 Å². The molecule has 0 aromatic heterocycles. The van der Waals surface area contributed by atoms with E-state index in [1.807, 2.05) is 30.3 Å². The normalized spacial score (nSPS) is 17.2. The van der Waals surface area contributed by atoms with Crippen molar-refractivity contribution in [1.82, 2.24) is 0 Å². The van der Waals surface area contributed by atoms with Crippen molar-refractivity contribution in [3.05, 3.63) is 87.5 Å². The van der Waals surface area contributed by atoms with Crippen LogP contribution < -0.4 is 11.5 Å². The molecule has 0 aliphatic heterocycles. The van der Waals surface area contributed by atoms with Gasteiger partial charge in [-0.2, -0.15) is 0 Å². The molecule has 3 aromatic rings. The highest BCUT2D eigenvalue weighted by Crippen LogP contribution is 2.46. The first-order valence-corrected chi connectivity index (χ1v) is 14.4. The molecule has 38 heavy (non-hydrogen) atoms. The van der Waals surface area contributed by atoms with Crippen molar-refractivity contribution >= 4 is 0 Å². The van der Waals surface area contributed by atoms with Crippen molar-refractivity contribution < 1.29 is 15.3 Å². The predicted octanol–water partition coefficient (Wildman–Crippen LogP) is 7.00. The fourth-order valence-electron chi connectivity index (χ4n) is 6.93. The van der Waals surface area contributed by atoms with Crippen LogP contribution in [-0.2, 0) is 13.1 Å². The quantitative estimate of drug-likeness (QED) is 0.218. The Morgan fingerprint density at radius 3 is 1.53 bits per heavy atom. The number of phenols is 3. The molecule has 7 N–H and O–H groups in total. The fourth-order valence-corrected chi connectivity index (χ4v) is 6.93. The van der Waals surface area contributed by atoms with Gasteiger partial charge in [0.2, 0.25) is 0 Å². The lowest BCUT2D eigenvalue weighted by molar-refractivity contribution is 0.413. The molecule has 0 unspecified atom stereocenters. The van der Waals surface area contributed by atoms with Crippen LogP contribution in [0.5, 0.6) is 17.2 Å². The van der Waals surface area contributed by atoms with E-state index in [0.717, 1.165) is 64.6 Å². The third-order valence-electron chi connectivity index (χ3n) is 8.93. The Balaban J connectivity index is 1.73. The van der Waals surface area contributed by atoms with Crippen molar-refractivity contribution in [2.75, 3.05) is 0 Å². The van der Waals surface area contributed by atoms with E-state index in [-0.39, 0.29) is 24.8 Å². The Morgan fingerprint density at radius 2 is 1.11 bits per heavy atom. The van der Waals surface area contributed by atoms with E-state index in [2.05, 4.69) is 12.1 Å². The Morgan fingerprint density at radius 1 is 0.632 bits per heavy atom. The molecule has 0 saturated heterocycles. The molecule has 2 aliphatic rings. The summed E-state index contributed by atoms with van der Waals surface area (Å²) in [5.74, 6) is 1.25. The summed E-state index contributed by atoms with van der Waals surface area (Å²) < 4.78 is 0. The minimum absolute atomic E-state index is 0.202. The van der Waals surface area contributed by atoms with E-state index in [0.29, 0.717) is 23.3 Å². The largest absolute Gasteiger partial charge is 0.508 e. The number of phenolic OH excluding ortho intramolecular Hbond substituents is 3. The number of rotatable bonds is 7. The zero-order chi connectivity index (χ0) is 26.6. The van der Waals surface area contributed by atoms with Gasteiger partial charge in [0, 0.05) is 19.0 Å². The molecule has 0 bridgehead atoms. The highest BCUT2D eigenvalue weighted by molar-refractivity contribution is 5.57. The van der Waals surface area contributed by atoms with E-state index in [1.165, 1.54) is 38.5 Å². The molecule has 0 heterocycles. The Kier molecular flexibility index (Phi) is 8.25. The molecule has 5 nitrogen and oxygen atoms in total. The van der Waals surface area contributed by atoms with Crippen LogP contribution in [0.3, 0.4) is 0 Å². The van der Waals surface area contributed by atoms with Gasteiger partial charge in [0.15, 0.2) is 0 Å². The lowest BCUT2D eigenvalue weighted by atomic mass is 9.75. The summed E-state index contributed by atoms with van der Waals surface area (Å²) in [5, 5.41) is 32.6. The average molecular weight is 515 g/mol. The minimum Gasteiger partial charge on any atom is -0.508 e. The maximum atomic E-state index is 11.1. The molecule has 5 heteroatoms. The van der Waals surface area contributed by atoms with E-state index in [4.69, 9.17) is 11.5 Å². The van der Waals surface area contributed by atoms with Gasteiger partial charge in [0.25, 0.3) is 0 Å². The molecule has 2 saturated carbocycles. The number of hydrogen-bond donors (Lipinski definition) is 5. The third kappa shape index (κ3) is 5.41. The molecule has 3 aromatic carbocycles. The second kappa shape index (κ2) is 11.8. The summed E-state index contributed by atoms with van der Waals surface area (Å²) in [6.45, 7) is 0.573. The van der Waals surface area contributed by atoms with Crippen LogP contribution in [0.25, 0.3) is 0 Å². The molecule has 5 rings (SSSR count). The first kappa shape index (κ1) is 26.6. The zero-order valence-electron chi connectivity index (χ0n) is 22.3. The summed E-state index contributed by atoms with van der Waals surface area (Å²) in [7, 11) is 0. The number of benzene rings is 3. The van der Waals surface area contributed by atoms with E-state index in [1.54, 1.807) is 6.07 Å². The van der Waals surface area contributed by atoms with Crippen molar-refractivity contribution in [2.45, 2.75) is 95.1 Å². The maximum absolute atomic E-state index is 11.1. The summed E-state index contributed by atoms with van der Waals surface area (Å²) in [4.78, 5) is 0. The molecule has 0 radical (unpaired) electrons. The average Bonchev–Trinajstić information content (AvgIpc) is 2.95. The van der Waals surface area contributed by atoms with Gasteiger partial charge in [-0.3, -0.25) is 0 Å². The van der Waals surface area contributed by atoms with Crippen LogP contribution in [0.4, 0.5) is 0 Å². The standard InChI is InChI=1S/C33H42N2O3/c34-19-24-15-31(37)27(21-8-3-1-4-9-21)17-29(24)33(23-12-7-13-26(36)14-23)30-18-28(22-10-5-2-6-11-22)32(38)16-25(30)20-35/h7,12-18,21-22,33,36-38H,1-6,8-11,19-20,34-35H2. The van der Waals surface area contributed by atoms with Crippen molar-refractivity contribution in [3.63, 3.8) is 0 Å². The third-order valence-corrected chi connectivity index (χ3v) is 8.93. The highest BCUT2D eigenvalue weighted by Gasteiger charge is 2.29. The number of aromatic hydroxyl groups is 3. The zero-order valence-corrected chi connectivity index (χ0v) is 22.3. The number of hydrogen-bond acceptors (Lipinski definition) is 5. The second-order valence-corrected chi connectivity index (χ2v) is 11.3. The van der Waals surface area contributed by atoms with E-state index in [9.17, 15) is 15.3 Å². The Bertz CT molecular complexity index is 1180. The van der Waals surface area contributed by atoms with Gasteiger partial charge in [0.05, 0.1) is 0 Å². The minimum atomic E-state index is -0.245. The van der Waals surface area contributed by atoms with Gasteiger partial charge in [-0.15, -0.1) is 0 Å². The monoisotopic (exact) mass is 514 g/mol. The molecule has 0 atom stereocenters. The molecular formula is C33H42N2O3. The highest BCUT2D eigenvalue weighted by atomic mass is 16.3. The molecule has 2 aliphatic carbocycles. The SMILES string of the molecule is NCc1cc(O)c(C2CCCCC2)cc1C(c1cccc(O)c1)c1cc(C2CCCCC2)c(O)cc1CN. The summed E-state index contributed by atoms with van der Waals surface area (Å²) >= 11 is 0. The second-order valence-electron chi connectivity index (χ2n) is 11.3. The lowest BCUT2D eigenvalue weighted by Gasteiger charge is -2.30. The Labute approximate surface area is 226 Å². The molecule has 0 spiro atoms. The van der Waals surface area contributed by atoms with Crippen molar-refractivity contribution in [3.8, 4) is 17.2 Å². The van der Waals surface area contributed by atoms with E-state index < -0.39 is 0 Å². The first-order chi connectivity index (χ1) is 18.5. The topological polar surface area (TPSA) is 113 Å². The van der Waals surface area contributed by atoms with Crippen LogP contribution in [0.15, 0.2) is 48.5 Å². The fraction of sp³-hybridized carbons (Fsp3) is 0.455. The Hall–Kier alpha value is -3.02. The summed E-state index contributed by atoms with van der Waals surface area (Å²) in [6.07, 6.45) is 11.5. The van der Waals surface area contributed by atoms with Crippen LogP contribution in [0, 0.1) is 0 Å². The first-order valence-electron chi connectivity index (χ1n) is 14.4. The molecule has 202 valence electrons. The van der Waals surface area contributed by atoms with Gasteiger partial charge in [-0.05, 0) is 101 Å². The van der Waals surface area contributed by atoms with Crippen LogP contribution in [-0.4, -0.2) is 15.3 Å². The smallest absolute Gasteiger partial charge is 0.119 e. The van der Waals surface area contributed by atoms with Crippen LogP contribution >= 0.6 is 0 Å². The van der Waals surface area contributed by atoms with Crippen LogP contribution in [0.1, 0.15) is 121 Å². The van der Waals surface area contributed by atoms with E-state index >= 15 is 0 Å². The number of nitrogens with two attached hydrogens (primary N) is 2. The van der Waals surface area contributed by atoms with Gasteiger partial charge in [-0.25, -0.2) is 0 Å². The molecule has 2 fully saturated rings. The van der Waals surface area contributed by atoms with Gasteiger partial charge >= 0.3 is 0 Å². The summed E-state index contributed by atoms with van der Waals surface area (Å²) in [5.41, 5.74) is 19.3. The maximum Gasteiger partial charge on any atom is 0.119 e. The molecular weight excluding hydrogens is 472 g/mol. The predicted molar refractivity (Wildman–Crippen MR) is 153 cm³/mol.